The molecule has 184 valence electrons. The number of rotatable bonds is 7. The number of hydrogen-bond acceptors (Lipinski definition) is 8. The number of allylic oxidation sites excluding steroid dienone is 1. The van der Waals surface area contributed by atoms with Gasteiger partial charge in [0, 0.05) is 0 Å². The molecular formula is C27H24N2O6S. The molecule has 8 nitrogen and oxygen atoms in total. The van der Waals surface area contributed by atoms with Crippen molar-refractivity contribution >= 4 is 23.4 Å². The molecule has 5 rings (SSSR count). The molecule has 0 N–H and O–H groups in total. The molecule has 0 unspecified atom stereocenters. The summed E-state index contributed by atoms with van der Waals surface area (Å²) in [4.78, 5) is 31.8. The number of esters is 1. The molecule has 9 heteroatoms. The number of hydrogen-bond donors (Lipinski definition) is 0. The lowest BCUT2D eigenvalue weighted by molar-refractivity contribution is -0.139. The highest BCUT2D eigenvalue weighted by Gasteiger charge is 2.34. The van der Waals surface area contributed by atoms with E-state index in [1.165, 1.54) is 11.3 Å². The van der Waals surface area contributed by atoms with E-state index in [4.69, 9.17) is 18.9 Å². The van der Waals surface area contributed by atoms with Gasteiger partial charge in [-0.25, -0.2) is 9.79 Å². The van der Waals surface area contributed by atoms with E-state index in [2.05, 4.69) is 11.6 Å². The lowest BCUT2D eigenvalue weighted by Gasteiger charge is -2.24. The van der Waals surface area contributed by atoms with Gasteiger partial charge in [0.15, 0.2) is 16.3 Å². The topological polar surface area (TPSA) is 88.3 Å². The Hall–Kier alpha value is -4.11. The quantitative estimate of drug-likeness (QED) is 0.363. The van der Waals surface area contributed by atoms with Crippen LogP contribution in [0.2, 0.25) is 0 Å². The Balaban J connectivity index is 1.63. The van der Waals surface area contributed by atoms with Crippen molar-refractivity contribution in [3.63, 3.8) is 0 Å². The predicted molar refractivity (Wildman–Crippen MR) is 135 cm³/mol. The molecule has 2 aromatic carbocycles. The van der Waals surface area contributed by atoms with Crippen LogP contribution < -0.4 is 29.1 Å². The van der Waals surface area contributed by atoms with Gasteiger partial charge in [-0.3, -0.25) is 9.36 Å². The van der Waals surface area contributed by atoms with Crippen LogP contribution in [0.5, 0.6) is 17.2 Å². The number of fused-ring (bicyclic) bond motifs is 2. The first-order valence-corrected chi connectivity index (χ1v) is 12.2. The molecule has 2 aliphatic rings. The number of aromatic nitrogens is 1. The monoisotopic (exact) mass is 504 g/mol. The van der Waals surface area contributed by atoms with Crippen molar-refractivity contribution in [3.8, 4) is 17.2 Å². The first-order valence-electron chi connectivity index (χ1n) is 11.4. The third-order valence-corrected chi connectivity index (χ3v) is 6.76. The summed E-state index contributed by atoms with van der Waals surface area (Å²) in [6.45, 7) is 7.89. The van der Waals surface area contributed by atoms with Crippen LogP contribution >= 0.6 is 11.3 Å². The molecule has 0 radical (unpaired) electrons. The Bertz CT molecular complexity index is 1550. The molecule has 0 spiro atoms. The second kappa shape index (κ2) is 9.87. The summed E-state index contributed by atoms with van der Waals surface area (Å²) in [6, 6.07) is 12.1. The molecule has 0 bridgehead atoms. The lowest BCUT2D eigenvalue weighted by Crippen LogP contribution is -2.39. The number of thiazole rings is 1. The summed E-state index contributed by atoms with van der Waals surface area (Å²) in [5, 5.41) is 0. The van der Waals surface area contributed by atoms with Crippen LogP contribution in [0, 0.1) is 0 Å². The highest BCUT2D eigenvalue weighted by Crippen LogP contribution is 2.38. The zero-order valence-electron chi connectivity index (χ0n) is 19.9. The van der Waals surface area contributed by atoms with Crippen molar-refractivity contribution in [2.24, 2.45) is 4.99 Å². The third kappa shape index (κ3) is 4.33. The van der Waals surface area contributed by atoms with Crippen molar-refractivity contribution in [2.75, 3.05) is 20.0 Å². The van der Waals surface area contributed by atoms with Gasteiger partial charge >= 0.3 is 5.97 Å². The normalized spacial score (nSPS) is 16.4. The second-order valence-electron chi connectivity index (χ2n) is 8.08. The van der Waals surface area contributed by atoms with E-state index < -0.39 is 12.0 Å². The Kier molecular flexibility index (Phi) is 6.47. The van der Waals surface area contributed by atoms with Gasteiger partial charge < -0.3 is 18.9 Å². The molecule has 0 saturated carbocycles. The minimum atomic E-state index is -0.716. The summed E-state index contributed by atoms with van der Waals surface area (Å²) in [7, 11) is 0. The van der Waals surface area contributed by atoms with E-state index in [-0.39, 0.29) is 19.0 Å². The fourth-order valence-electron chi connectivity index (χ4n) is 4.16. The Labute approximate surface area is 211 Å². The van der Waals surface area contributed by atoms with Crippen LogP contribution in [0.3, 0.4) is 0 Å². The largest absolute Gasteiger partial charge is 0.490 e. The van der Waals surface area contributed by atoms with Crippen LogP contribution in [0.25, 0.3) is 6.08 Å². The maximum atomic E-state index is 13.7. The van der Waals surface area contributed by atoms with E-state index in [0.717, 1.165) is 5.56 Å². The van der Waals surface area contributed by atoms with Gasteiger partial charge in [-0.15, -0.1) is 0 Å². The zero-order valence-corrected chi connectivity index (χ0v) is 20.7. The zero-order chi connectivity index (χ0) is 25.2. The van der Waals surface area contributed by atoms with Crippen molar-refractivity contribution in [3.05, 3.63) is 97.2 Å². The van der Waals surface area contributed by atoms with Crippen molar-refractivity contribution in [2.45, 2.75) is 19.9 Å². The molecule has 0 aliphatic carbocycles. The average Bonchev–Trinajstić information content (AvgIpc) is 3.46. The highest BCUT2D eigenvalue weighted by molar-refractivity contribution is 7.07. The van der Waals surface area contributed by atoms with Crippen molar-refractivity contribution in [1.29, 1.82) is 0 Å². The van der Waals surface area contributed by atoms with Crippen molar-refractivity contribution in [1.82, 2.24) is 4.57 Å². The van der Waals surface area contributed by atoms with Crippen LogP contribution in [-0.4, -0.2) is 30.5 Å². The summed E-state index contributed by atoms with van der Waals surface area (Å²) in [5.41, 5.74) is 2.12. The average molecular weight is 505 g/mol. The fourth-order valence-corrected chi connectivity index (χ4v) is 5.20. The maximum absolute atomic E-state index is 13.7. The minimum absolute atomic E-state index is 0.124. The summed E-state index contributed by atoms with van der Waals surface area (Å²) in [5.74, 6) is 1.38. The number of carbonyl (C=O) groups excluding carboxylic acids is 1. The molecule has 3 aromatic rings. The maximum Gasteiger partial charge on any atom is 0.338 e. The summed E-state index contributed by atoms with van der Waals surface area (Å²) in [6.07, 6.45) is 3.49. The number of carbonyl (C=O) groups is 1. The molecule has 3 heterocycles. The lowest BCUT2D eigenvalue weighted by atomic mass is 9.95. The van der Waals surface area contributed by atoms with E-state index in [9.17, 15) is 9.59 Å². The van der Waals surface area contributed by atoms with Gasteiger partial charge in [-0.2, -0.15) is 0 Å². The fraction of sp³-hybridized carbons (Fsp3) is 0.222. The molecule has 0 amide bonds. The first-order chi connectivity index (χ1) is 17.5. The molecular weight excluding hydrogens is 480 g/mol. The van der Waals surface area contributed by atoms with E-state index in [1.807, 2.05) is 30.3 Å². The molecule has 1 aromatic heterocycles. The predicted octanol–water partition coefficient (Wildman–Crippen LogP) is 3.09. The molecule has 1 atom stereocenters. The molecule has 36 heavy (non-hydrogen) atoms. The van der Waals surface area contributed by atoms with Crippen LogP contribution in [0.4, 0.5) is 0 Å². The SMILES string of the molecule is C=CCOc1ccc(/C=c2/sc3n(c2=O)[C@@H](c2ccc4c(c2)OCO4)C(C(=O)OCC)=C(C)N=3)cc1. The van der Waals surface area contributed by atoms with Gasteiger partial charge in [0.2, 0.25) is 6.79 Å². The number of ether oxygens (including phenoxy) is 4. The highest BCUT2D eigenvalue weighted by atomic mass is 32.1. The number of nitrogens with zero attached hydrogens (tertiary/aromatic N) is 2. The van der Waals surface area contributed by atoms with E-state index >= 15 is 0 Å². The Morgan fingerprint density at radius 3 is 2.75 bits per heavy atom. The van der Waals surface area contributed by atoms with E-state index in [0.29, 0.717) is 50.0 Å². The first kappa shape index (κ1) is 23.6. The summed E-state index contributed by atoms with van der Waals surface area (Å²) >= 11 is 1.27. The van der Waals surface area contributed by atoms with Gasteiger partial charge in [0.25, 0.3) is 5.56 Å². The second-order valence-corrected chi connectivity index (χ2v) is 9.09. The minimum Gasteiger partial charge on any atom is -0.490 e. The Morgan fingerprint density at radius 2 is 2.00 bits per heavy atom. The van der Waals surface area contributed by atoms with Gasteiger partial charge in [0.05, 0.1) is 28.5 Å². The number of benzene rings is 2. The van der Waals surface area contributed by atoms with Crippen molar-refractivity contribution < 1.29 is 23.7 Å². The Morgan fingerprint density at radius 1 is 1.22 bits per heavy atom. The standard InChI is InChI=1S/C27H24N2O6S/c1-4-12-33-19-9-6-17(7-10-19)13-22-25(30)29-24(18-8-11-20-21(14-18)35-15-34-20)23(26(31)32-5-2)16(3)28-27(29)36-22/h4,6-11,13-14,24H,1,5,12,15H2,2-3H3/b22-13+/t24-/m0/s1. The smallest absolute Gasteiger partial charge is 0.338 e. The van der Waals surface area contributed by atoms with Gasteiger partial charge in [0.1, 0.15) is 12.4 Å². The van der Waals surface area contributed by atoms with E-state index in [1.54, 1.807) is 42.7 Å². The van der Waals surface area contributed by atoms with Crippen LogP contribution in [-0.2, 0) is 9.53 Å². The molecule has 2 aliphatic heterocycles. The van der Waals surface area contributed by atoms with Crippen LogP contribution in [0.1, 0.15) is 31.0 Å². The third-order valence-electron chi connectivity index (χ3n) is 5.78. The molecule has 0 fully saturated rings. The molecule has 0 saturated heterocycles. The van der Waals surface area contributed by atoms with Gasteiger partial charge in [-0.05, 0) is 55.3 Å². The summed E-state index contributed by atoms with van der Waals surface area (Å²) < 4.78 is 23.9. The van der Waals surface area contributed by atoms with Crippen LogP contribution in [0.15, 0.2) is 76.2 Å². The van der Waals surface area contributed by atoms with Gasteiger partial charge in [-0.1, -0.05) is 42.2 Å².